The minimum Gasteiger partial charge on any atom is -0.372 e. The van der Waals surface area contributed by atoms with Crippen molar-refractivity contribution in [1.29, 1.82) is 0 Å². The maximum Gasteiger partial charge on any atom is 0.411 e. The molecule has 6 heteroatoms. The molecule has 0 bridgehead atoms. The average molecular weight is 293 g/mol. The van der Waals surface area contributed by atoms with Crippen LogP contribution in [0, 0.1) is 5.92 Å². The molecular formula is C14H22F3NO2. The lowest BCUT2D eigenvalue weighted by Crippen LogP contribution is -2.38. The number of halogens is 3. The molecule has 2 fully saturated rings. The van der Waals surface area contributed by atoms with Crippen LogP contribution in [0.3, 0.4) is 0 Å². The molecular weight excluding hydrogens is 271 g/mol. The quantitative estimate of drug-likeness (QED) is 0.705. The molecule has 0 N–H and O–H groups in total. The number of nitrogens with zero attached hydrogens (tertiary/aromatic N) is 1. The fraction of sp³-hybridized carbons (Fsp3) is 0.929. The molecule has 0 amide bonds. The lowest BCUT2D eigenvalue weighted by atomic mass is 9.95. The summed E-state index contributed by atoms with van der Waals surface area (Å²) < 4.78 is 40.4. The third-order valence-electron chi connectivity index (χ3n) is 4.23. The van der Waals surface area contributed by atoms with Gasteiger partial charge in [0.05, 0.1) is 0 Å². The van der Waals surface area contributed by atoms with E-state index < -0.39 is 12.8 Å². The lowest BCUT2D eigenvalue weighted by molar-refractivity contribution is -0.174. The van der Waals surface area contributed by atoms with Crippen LogP contribution in [0.1, 0.15) is 38.5 Å². The number of likely N-dealkylation sites (tertiary alicyclic amines) is 1. The van der Waals surface area contributed by atoms with E-state index in [0.717, 1.165) is 38.8 Å². The number of carbonyl (C=O) groups excluding carboxylic acids is 1. The van der Waals surface area contributed by atoms with E-state index in [9.17, 15) is 18.0 Å². The molecule has 0 radical (unpaired) electrons. The Morgan fingerprint density at radius 1 is 1.25 bits per heavy atom. The molecule has 0 aromatic heterocycles. The van der Waals surface area contributed by atoms with Gasteiger partial charge in [0.25, 0.3) is 0 Å². The molecule has 20 heavy (non-hydrogen) atoms. The van der Waals surface area contributed by atoms with E-state index in [2.05, 4.69) is 9.64 Å². The van der Waals surface area contributed by atoms with Crippen molar-refractivity contribution in [2.24, 2.45) is 5.92 Å². The molecule has 1 aliphatic heterocycles. The van der Waals surface area contributed by atoms with Crippen LogP contribution in [0.2, 0.25) is 0 Å². The van der Waals surface area contributed by atoms with Crippen LogP contribution in [-0.2, 0) is 9.53 Å². The van der Waals surface area contributed by atoms with E-state index in [1.807, 2.05) is 0 Å². The smallest absolute Gasteiger partial charge is 0.372 e. The largest absolute Gasteiger partial charge is 0.411 e. The highest BCUT2D eigenvalue weighted by Gasteiger charge is 2.37. The van der Waals surface area contributed by atoms with Crippen molar-refractivity contribution in [3.63, 3.8) is 0 Å². The van der Waals surface area contributed by atoms with Crippen LogP contribution in [-0.4, -0.2) is 49.2 Å². The summed E-state index contributed by atoms with van der Waals surface area (Å²) in [5, 5.41) is 0. The highest BCUT2D eigenvalue weighted by Crippen LogP contribution is 2.33. The molecule has 1 aliphatic carbocycles. The molecule has 3 nitrogen and oxygen atoms in total. The Kier molecular flexibility index (Phi) is 5.43. The summed E-state index contributed by atoms with van der Waals surface area (Å²) in [5.74, 6) is 0.531. The Morgan fingerprint density at radius 2 is 2.05 bits per heavy atom. The molecule has 2 atom stereocenters. The van der Waals surface area contributed by atoms with Crippen molar-refractivity contribution in [2.45, 2.75) is 50.7 Å². The van der Waals surface area contributed by atoms with Gasteiger partial charge >= 0.3 is 6.18 Å². The van der Waals surface area contributed by atoms with Crippen molar-refractivity contribution >= 4 is 5.78 Å². The summed E-state index contributed by atoms with van der Waals surface area (Å²) in [6, 6.07) is 0.313. The van der Waals surface area contributed by atoms with E-state index in [0.29, 0.717) is 24.7 Å². The van der Waals surface area contributed by atoms with E-state index in [4.69, 9.17) is 0 Å². The summed E-state index contributed by atoms with van der Waals surface area (Å²) in [6.07, 6.45) is 1.13. The van der Waals surface area contributed by atoms with Crippen molar-refractivity contribution in [2.75, 3.05) is 26.3 Å². The number of hydrogen-bond donors (Lipinski definition) is 0. The first-order valence-corrected chi connectivity index (χ1v) is 7.38. The molecule has 0 aromatic rings. The topological polar surface area (TPSA) is 29.5 Å². The Labute approximate surface area is 117 Å². The number of carbonyl (C=O) groups is 1. The first-order valence-electron chi connectivity index (χ1n) is 7.38. The predicted octanol–water partition coefficient (Wildman–Crippen LogP) is 2.79. The highest BCUT2D eigenvalue weighted by molar-refractivity contribution is 5.83. The summed E-state index contributed by atoms with van der Waals surface area (Å²) in [5.41, 5.74) is 0. The van der Waals surface area contributed by atoms with Gasteiger partial charge < -0.3 is 4.74 Å². The van der Waals surface area contributed by atoms with Crippen LogP contribution < -0.4 is 0 Å². The molecule has 2 aliphatic rings. The third-order valence-corrected chi connectivity index (χ3v) is 4.23. The van der Waals surface area contributed by atoms with E-state index in [1.165, 1.54) is 0 Å². The van der Waals surface area contributed by atoms with Crippen LogP contribution in [0.5, 0.6) is 0 Å². The summed E-state index contributed by atoms with van der Waals surface area (Å²) in [4.78, 5) is 14.1. The standard InChI is InChI=1S/C14H22F3NO2/c15-14(16,17)10-20-9-3-8-18-7-2-5-12(18)11-4-1-6-13(11)19/h11-12H,1-10H2. The number of alkyl halides is 3. The zero-order valence-electron chi connectivity index (χ0n) is 11.6. The minimum absolute atomic E-state index is 0.126. The molecule has 0 aromatic carbocycles. The molecule has 2 unspecified atom stereocenters. The zero-order chi connectivity index (χ0) is 14.6. The Morgan fingerprint density at radius 3 is 2.70 bits per heavy atom. The third kappa shape index (κ3) is 4.45. The van der Waals surface area contributed by atoms with Crippen LogP contribution >= 0.6 is 0 Å². The molecule has 0 spiro atoms. The average Bonchev–Trinajstić information content (AvgIpc) is 2.95. The van der Waals surface area contributed by atoms with Gasteiger partial charge in [0.1, 0.15) is 12.4 Å². The van der Waals surface area contributed by atoms with Gasteiger partial charge in [-0.2, -0.15) is 13.2 Å². The van der Waals surface area contributed by atoms with Gasteiger partial charge in [0, 0.05) is 31.5 Å². The normalized spacial score (nSPS) is 28.4. The van der Waals surface area contributed by atoms with E-state index in [-0.39, 0.29) is 12.5 Å². The highest BCUT2D eigenvalue weighted by atomic mass is 19.4. The molecule has 1 saturated carbocycles. The summed E-state index contributed by atoms with van der Waals surface area (Å²) in [6.45, 7) is 0.638. The minimum atomic E-state index is -4.24. The molecule has 1 heterocycles. The van der Waals surface area contributed by atoms with Gasteiger partial charge in [-0.15, -0.1) is 0 Å². The van der Waals surface area contributed by atoms with Gasteiger partial charge in [-0.25, -0.2) is 0 Å². The number of rotatable bonds is 6. The molecule has 1 saturated heterocycles. The Balaban J connectivity index is 1.68. The zero-order valence-corrected chi connectivity index (χ0v) is 11.6. The Hall–Kier alpha value is -0.620. The van der Waals surface area contributed by atoms with Crippen LogP contribution in [0.4, 0.5) is 13.2 Å². The second-order valence-corrected chi connectivity index (χ2v) is 5.73. The van der Waals surface area contributed by atoms with Crippen molar-refractivity contribution in [3.8, 4) is 0 Å². The van der Waals surface area contributed by atoms with E-state index >= 15 is 0 Å². The Bertz CT molecular complexity index is 333. The van der Waals surface area contributed by atoms with Gasteiger partial charge in [0.15, 0.2) is 0 Å². The number of hydrogen-bond acceptors (Lipinski definition) is 3. The maximum absolute atomic E-state index is 11.9. The monoisotopic (exact) mass is 293 g/mol. The second kappa shape index (κ2) is 6.89. The summed E-state index contributed by atoms with van der Waals surface area (Å²) in [7, 11) is 0. The first-order chi connectivity index (χ1) is 9.47. The SMILES string of the molecule is O=C1CCCC1C1CCCN1CCCOCC(F)(F)F. The van der Waals surface area contributed by atoms with E-state index in [1.54, 1.807) is 0 Å². The second-order valence-electron chi connectivity index (χ2n) is 5.73. The molecule has 2 rings (SSSR count). The first kappa shape index (κ1) is 15.8. The van der Waals surface area contributed by atoms with Gasteiger partial charge in [-0.05, 0) is 38.6 Å². The fourth-order valence-electron chi connectivity index (χ4n) is 3.39. The van der Waals surface area contributed by atoms with Crippen molar-refractivity contribution in [3.05, 3.63) is 0 Å². The number of ether oxygens (including phenoxy) is 1. The van der Waals surface area contributed by atoms with Crippen LogP contribution in [0.15, 0.2) is 0 Å². The van der Waals surface area contributed by atoms with Gasteiger partial charge in [-0.3, -0.25) is 9.69 Å². The predicted molar refractivity (Wildman–Crippen MR) is 68.4 cm³/mol. The number of ketones is 1. The van der Waals surface area contributed by atoms with Gasteiger partial charge in [-0.1, -0.05) is 0 Å². The van der Waals surface area contributed by atoms with Gasteiger partial charge in [0.2, 0.25) is 0 Å². The maximum atomic E-state index is 11.9. The van der Waals surface area contributed by atoms with Crippen LogP contribution in [0.25, 0.3) is 0 Å². The van der Waals surface area contributed by atoms with Crippen molar-refractivity contribution < 1.29 is 22.7 Å². The summed E-state index contributed by atoms with van der Waals surface area (Å²) >= 11 is 0. The molecule has 116 valence electrons. The van der Waals surface area contributed by atoms with Crippen molar-refractivity contribution in [1.82, 2.24) is 4.90 Å². The fourth-order valence-corrected chi connectivity index (χ4v) is 3.39. The lowest BCUT2D eigenvalue weighted by Gasteiger charge is -2.28. The number of Topliss-reactive ketones (excluding diaryl/α,β-unsaturated/α-hetero) is 1.